The van der Waals surface area contributed by atoms with Crippen molar-refractivity contribution in [2.45, 2.75) is 64.7 Å². The van der Waals surface area contributed by atoms with E-state index in [-0.39, 0.29) is 28.4 Å². The van der Waals surface area contributed by atoms with Crippen molar-refractivity contribution in [3.8, 4) is 0 Å². The molecule has 0 bridgehead atoms. The second kappa shape index (κ2) is 5.27. The van der Waals surface area contributed by atoms with Gasteiger partial charge in [0, 0.05) is 6.04 Å². The van der Waals surface area contributed by atoms with Gasteiger partial charge < -0.3 is 5.73 Å². The van der Waals surface area contributed by atoms with Gasteiger partial charge in [0.15, 0.2) is 9.84 Å². The summed E-state index contributed by atoms with van der Waals surface area (Å²) in [4.78, 5) is 0. The molecule has 0 amide bonds. The van der Waals surface area contributed by atoms with Crippen molar-refractivity contribution in [2.24, 2.45) is 17.1 Å². The first-order valence-corrected chi connectivity index (χ1v) is 8.39. The summed E-state index contributed by atoms with van der Waals surface area (Å²) in [5.74, 6) is 0.523. The predicted octanol–water partition coefficient (Wildman–Crippen LogP) is 2.35. The zero-order valence-corrected chi connectivity index (χ0v) is 12.4. The zero-order chi connectivity index (χ0) is 13.3. The molecular formula is C13H27NO2S. The van der Waals surface area contributed by atoms with Crippen LogP contribution in [0.5, 0.6) is 0 Å². The molecule has 0 aliphatic heterocycles. The van der Waals surface area contributed by atoms with Crippen molar-refractivity contribution in [1.82, 2.24) is 0 Å². The lowest BCUT2D eigenvalue weighted by atomic mass is 9.73. The van der Waals surface area contributed by atoms with E-state index in [1.165, 1.54) is 0 Å². The quantitative estimate of drug-likeness (QED) is 0.845. The Labute approximate surface area is 106 Å². The number of hydrogen-bond acceptors (Lipinski definition) is 3. The third kappa shape index (κ3) is 3.44. The van der Waals surface area contributed by atoms with Gasteiger partial charge in [-0.1, -0.05) is 40.5 Å². The van der Waals surface area contributed by atoms with Crippen molar-refractivity contribution in [2.75, 3.05) is 5.75 Å². The van der Waals surface area contributed by atoms with E-state index in [2.05, 4.69) is 13.8 Å². The summed E-state index contributed by atoms with van der Waals surface area (Å²) in [6.45, 7) is 8.20. The van der Waals surface area contributed by atoms with Crippen LogP contribution in [0.25, 0.3) is 0 Å². The molecule has 0 aromatic carbocycles. The van der Waals surface area contributed by atoms with Crippen LogP contribution in [0, 0.1) is 11.3 Å². The summed E-state index contributed by atoms with van der Waals surface area (Å²) in [6, 6.07) is -0.217. The highest BCUT2D eigenvalue weighted by Gasteiger charge is 2.42. The lowest BCUT2D eigenvalue weighted by Crippen LogP contribution is -2.53. The van der Waals surface area contributed by atoms with Crippen LogP contribution in [0.4, 0.5) is 0 Å². The van der Waals surface area contributed by atoms with Crippen LogP contribution in [0.2, 0.25) is 0 Å². The van der Waals surface area contributed by atoms with Gasteiger partial charge in [-0.25, -0.2) is 8.42 Å². The van der Waals surface area contributed by atoms with Crippen molar-refractivity contribution in [1.29, 1.82) is 0 Å². The van der Waals surface area contributed by atoms with Crippen LogP contribution in [0.15, 0.2) is 0 Å². The molecule has 3 atom stereocenters. The Kier molecular flexibility index (Phi) is 4.64. The van der Waals surface area contributed by atoms with E-state index in [1.54, 1.807) is 0 Å². The molecule has 2 N–H and O–H groups in total. The van der Waals surface area contributed by atoms with Gasteiger partial charge in [-0.05, 0) is 24.2 Å². The molecule has 1 aliphatic rings. The second-order valence-electron chi connectivity index (χ2n) is 6.29. The maximum atomic E-state index is 12.4. The summed E-state index contributed by atoms with van der Waals surface area (Å²) in [6.07, 6.45) is 3.66. The fraction of sp³-hybridized carbons (Fsp3) is 1.00. The first-order chi connectivity index (χ1) is 7.70. The number of hydrogen-bond donors (Lipinski definition) is 1. The third-order valence-corrected chi connectivity index (χ3v) is 6.77. The summed E-state index contributed by atoms with van der Waals surface area (Å²) >= 11 is 0. The molecule has 4 heteroatoms. The molecule has 1 aliphatic carbocycles. The van der Waals surface area contributed by atoms with Gasteiger partial charge in [0.05, 0.1) is 11.0 Å². The van der Waals surface area contributed by atoms with Gasteiger partial charge in [-0.2, -0.15) is 0 Å². The van der Waals surface area contributed by atoms with Gasteiger partial charge in [0.2, 0.25) is 0 Å². The van der Waals surface area contributed by atoms with E-state index in [1.807, 2.05) is 13.8 Å². The third-order valence-electron chi connectivity index (χ3n) is 4.29. The molecule has 3 unspecified atom stereocenters. The Morgan fingerprint density at radius 1 is 1.41 bits per heavy atom. The lowest BCUT2D eigenvalue weighted by molar-refractivity contribution is 0.204. The minimum Gasteiger partial charge on any atom is -0.326 e. The SMILES string of the molecule is CCC(C)CS(=O)(=O)C1CCCC(C)(C)C1N. The van der Waals surface area contributed by atoms with Gasteiger partial charge in [-0.3, -0.25) is 0 Å². The maximum absolute atomic E-state index is 12.4. The normalized spacial score (nSPS) is 31.1. The van der Waals surface area contributed by atoms with Crippen molar-refractivity contribution in [3.63, 3.8) is 0 Å². The van der Waals surface area contributed by atoms with Crippen LogP contribution >= 0.6 is 0 Å². The van der Waals surface area contributed by atoms with Crippen LogP contribution in [-0.4, -0.2) is 25.5 Å². The van der Waals surface area contributed by atoms with E-state index in [9.17, 15) is 8.42 Å². The average molecular weight is 261 g/mol. The van der Waals surface area contributed by atoms with E-state index < -0.39 is 9.84 Å². The molecule has 1 rings (SSSR count). The molecule has 0 saturated heterocycles. The van der Waals surface area contributed by atoms with Gasteiger partial charge in [0.25, 0.3) is 0 Å². The minimum atomic E-state index is -3.04. The fourth-order valence-electron chi connectivity index (χ4n) is 2.65. The first kappa shape index (κ1) is 15.0. The molecule has 0 spiro atoms. The van der Waals surface area contributed by atoms with Crippen molar-refractivity contribution >= 4 is 9.84 Å². The Bertz CT molecular complexity index is 348. The van der Waals surface area contributed by atoms with Crippen LogP contribution in [0.1, 0.15) is 53.4 Å². The van der Waals surface area contributed by atoms with Gasteiger partial charge in [-0.15, -0.1) is 0 Å². The molecule has 0 heterocycles. The Hall–Kier alpha value is -0.0900. The largest absolute Gasteiger partial charge is 0.326 e. The molecule has 0 aromatic rings. The summed E-state index contributed by atoms with van der Waals surface area (Å²) in [5.41, 5.74) is 6.13. The van der Waals surface area contributed by atoms with Crippen molar-refractivity contribution < 1.29 is 8.42 Å². The first-order valence-electron chi connectivity index (χ1n) is 6.68. The topological polar surface area (TPSA) is 60.2 Å². The highest BCUT2D eigenvalue weighted by molar-refractivity contribution is 7.92. The number of rotatable bonds is 4. The molecule has 17 heavy (non-hydrogen) atoms. The highest BCUT2D eigenvalue weighted by atomic mass is 32.2. The van der Waals surface area contributed by atoms with Crippen molar-refractivity contribution in [3.05, 3.63) is 0 Å². The molecule has 1 saturated carbocycles. The molecular weight excluding hydrogens is 234 g/mol. The summed E-state index contributed by atoms with van der Waals surface area (Å²) in [7, 11) is -3.04. The molecule has 0 aromatic heterocycles. The van der Waals surface area contributed by atoms with E-state index >= 15 is 0 Å². The highest BCUT2D eigenvalue weighted by Crippen LogP contribution is 2.37. The van der Waals surface area contributed by atoms with E-state index in [0.717, 1.165) is 25.7 Å². The van der Waals surface area contributed by atoms with Gasteiger partial charge in [0.1, 0.15) is 0 Å². The lowest BCUT2D eigenvalue weighted by Gasteiger charge is -2.41. The second-order valence-corrected chi connectivity index (χ2v) is 8.55. The molecule has 3 nitrogen and oxygen atoms in total. The van der Waals surface area contributed by atoms with Crippen LogP contribution in [0.3, 0.4) is 0 Å². The molecule has 102 valence electrons. The summed E-state index contributed by atoms with van der Waals surface area (Å²) < 4.78 is 24.7. The standard InChI is InChI=1S/C13H27NO2S/c1-5-10(2)9-17(15,16)11-7-6-8-13(3,4)12(11)14/h10-12H,5-9,14H2,1-4H3. The monoisotopic (exact) mass is 261 g/mol. The minimum absolute atomic E-state index is 0.0502. The van der Waals surface area contributed by atoms with E-state index in [0.29, 0.717) is 0 Å². The average Bonchev–Trinajstić information content (AvgIpc) is 2.21. The zero-order valence-electron chi connectivity index (χ0n) is 11.6. The van der Waals surface area contributed by atoms with E-state index in [4.69, 9.17) is 5.73 Å². The fourth-order valence-corrected chi connectivity index (χ4v) is 5.27. The Balaban J connectivity index is 2.84. The Morgan fingerprint density at radius 3 is 2.53 bits per heavy atom. The molecule has 0 radical (unpaired) electrons. The maximum Gasteiger partial charge on any atom is 0.154 e. The Morgan fingerprint density at radius 2 is 2.00 bits per heavy atom. The van der Waals surface area contributed by atoms with Gasteiger partial charge >= 0.3 is 0 Å². The van der Waals surface area contributed by atoms with Crippen LogP contribution in [-0.2, 0) is 9.84 Å². The summed E-state index contributed by atoms with van der Waals surface area (Å²) in [5, 5.41) is -0.333. The predicted molar refractivity (Wildman–Crippen MR) is 72.6 cm³/mol. The molecule has 1 fully saturated rings. The smallest absolute Gasteiger partial charge is 0.154 e. The van der Waals surface area contributed by atoms with Crippen LogP contribution < -0.4 is 5.73 Å². The number of nitrogens with two attached hydrogens (primary N) is 1. The number of sulfone groups is 1.